The first kappa shape index (κ1) is 15.3. The highest BCUT2D eigenvalue weighted by Crippen LogP contribution is 2.29. The zero-order chi connectivity index (χ0) is 14.9. The molecule has 1 aliphatic rings. The Bertz CT molecular complexity index is 550. The molecular weight excluding hydrogens is 344 g/mol. The molecule has 0 saturated carbocycles. The largest absolute Gasteiger partial charge is 0.372 e. The molecule has 4 nitrogen and oxygen atoms in total. The Balaban J connectivity index is 2.17. The molecule has 2 unspecified atom stereocenters. The number of nitrogens with zero attached hydrogens (tertiary/aromatic N) is 1. The van der Waals surface area contributed by atoms with Gasteiger partial charge in [0.1, 0.15) is 6.04 Å². The molecular formula is C14H16BrClN2O2. The van der Waals surface area contributed by atoms with Crippen molar-refractivity contribution in [3.8, 4) is 0 Å². The summed E-state index contributed by atoms with van der Waals surface area (Å²) >= 11 is 9.45. The molecule has 1 heterocycles. The summed E-state index contributed by atoms with van der Waals surface area (Å²) in [5, 5.41) is 3.59. The summed E-state index contributed by atoms with van der Waals surface area (Å²) in [6.07, 6.45) is 0.924. The first-order valence-electron chi connectivity index (χ1n) is 6.51. The van der Waals surface area contributed by atoms with Crippen molar-refractivity contribution in [3.63, 3.8) is 0 Å². The summed E-state index contributed by atoms with van der Waals surface area (Å²) < 4.78 is 0.861. The molecule has 0 spiro atoms. The summed E-state index contributed by atoms with van der Waals surface area (Å²) in [7, 11) is 0. The summed E-state index contributed by atoms with van der Waals surface area (Å²) in [4.78, 5) is 25.6. The van der Waals surface area contributed by atoms with Crippen molar-refractivity contribution in [1.82, 2.24) is 4.90 Å². The van der Waals surface area contributed by atoms with Gasteiger partial charge in [0.05, 0.1) is 17.1 Å². The van der Waals surface area contributed by atoms with Crippen molar-refractivity contribution in [2.24, 2.45) is 0 Å². The zero-order valence-electron chi connectivity index (χ0n) is 11.3. The Morgan fingerprint density at radius 3 is 2.85 bits per heavy atom. The van der Waals surface area contributed by atoms with Gasteiger partial charge in [-0.3, -0.25) is 14.5 Å². The molecule has 1 N–H and O–H groups in total. The van der Waals surface area contributed by atoms with Crippen molar-refractivity contribution in [3.05, 3.63) is 27.7 Å². The first-order chi connectivity index (χ1) is 9.43. The highest BCUT2D eigenvalue weighted by Gasteiger charge is 2.40. The number of benzene rings is 1. The van der Waals surface area contributed by atoms with Crippen LogP contribution >= 0.6 is 27.5 Å². The number of anilines is 1. The van der Waals surface area contributed by atoms with Crippen LogP contribution in [-0.4, -0.2) is 28.8 Å². The Kier molecular flexibility index (Phi) is 4.70. The van der Waals surface area contributed by atoms with Crippen LogP contribution in [0, 0.1) is 0 Å². The Morgan fingerprint density at radius 2 is 2.20 bits per heavy atom. The number of nitrogens with one attached hydrogen (secondary N) is 1. The van der Waals surface area contributed by atoms with Gasteiger partial charge in [-0.25, -0.2) is 0 Å². The van der Waals surface area contributed by atoms with Crippen LogP contribution in [0.5, 0.6) is 0 Å². The lowest BCUT2D eigenvalue weighted by molar-refractivity contribution is -0.140. The molecule has 2 rings (SSSR count). The fraction of sp³-hybridized carbons (Fsp3) is 0.429. The van der Waals surface area contributed by atoms with E-state index in [1.807, 2.05) is 19.9 Å². The van der Waals surface area contributed by atoms with E-state index in [2.05, 4.69) is 21.2 Å². The van der Waals surface area contributed by atoms with Crippen LogP contribution in [0.25, 0.3) is 0 Å². The maximum atomic E-state index is 12.3. The Morgan fingerprint density at radius 1 is 1.50 bits per heavy atom. The van der Waals surface area contributed by atoms with Crippen molar-refractivity contribution >= 4 is 45.0 Å². The van der Waals surface area contributed by atoms with E-state index < -0.39 is 6.04 Å². The normalized spacial score (nSPS) is 20.4. The minimum Gasteiger partial charge on any atom is -0.372 e. The average Bonchev–Trinajstić information content (AvgIpc) is 2.68. The lowest BCUT2D eigenvalue weighted by Gasteiger charge is -2.22. The van der Waals surface area contributed by atoms with Gasteiger partial charge in [0.2, 0.25) is 5.91 Å². The molecule has 1 fully saturated rings. The SMILES string of the molecule is CCC(C)N1C(=O)CC(Nc2cc(Br)ccc2Cl)C1=O. The van der Waals surface area contributed by atoms with Crippen molar-refractivity contribution < 1.29 is 9.59 Å². The standard InChI is InChI=1S/C14H16BrClN2O2/c1-3-8(2)18-13(19)7-12(14(18)20)17-11-6-9(15)4-5-10(11)16/h4-6,8,12,17H,3,7H2,1-2H3. The van der Waals surface area contributed by atoms with E-state index in [-0.39, 0.29) is 24.3 Å². The number of carbonyl (C=O) groups excluding carboxylic acids is 2. The van der Waals surface area contributed by atoms with Crippen LogP contribution in [0.2, 0.25) is 5.02 Å². The molecule has 1 saturated heterocycles. The summed E-state index contributed by atoms with van der Waals surface area (Å²) in [5.74, 6) is -0.312. The quantitative estimate of drug-likeness (QED) is 0.838. The molecule has 0 radical (unpaired) electrons. The highest BCUT2D eigenvalue weighted by atomic mass is 79.9. The number of hydrogen-bond donors (Lipinski definition) is 1. The Hall–Kier alpha value is -1.07. The minimum absolute atomic E-state index is 0.0696. The van der Waals surface area contributed by atoms with E-state index in [9.17, 15) is 9.59 Å². The van der Waals surface area contributed by atoms with Crippen molar-refractivity contribution in [2.75, 3.05) is 5.32 Å². The van der Waals surface area contributed by atoms with E-state index >= 15 is 0 Å². The Labute approximate surface area is 131 Å². The minimum atomic E-state index is -0.539. The fourth-order valence-corrected chi connectivity index (χ4v) is 2.74. The van der Waals surface area contributed by atoms with E-state index in [1.165, 1.54) is 4.90 Å². The molecule has 1 aromatic carbocycles. The molecule has 20 heavy (non-hydrogen) atoms. The molecule has 108 valence electrons. The monoisotopic (exact) mass is 358 g/mol. The van der Waals surface area contributed by atoms with Crippen LogP contribution < -0.4 is 5.32 Å². The summed E-state index contributed by atoms with van der Waals surface area (Å²) in [6.45, 7) is 3.83. The molecule has 1 aliphatic heterocycles. The van der Waals surface area contributed by atoms with Gasteiger partial charge in [-0.2, -0.15) is 0 Å². The zero-order valence-corrected chi connectivity index (χ0v) is 13.7. The maximum Gasteiger partial charge on any atom is 0.252 e. The lowest BCUT2D eigenvalue weighted by atomic mass is 10.2. The van der Waals surface area contributed by atoms with Crippen LogP contribution in [0.3, 0.4) is 0 Å². The van der Waals surface area contributed by atoms with Crippen LogP contribution in [0.15, 0.2) is 22.7 Å². The van der Waals surface area contributed by atoms with Gasteiger partial charge in [0.15, 0.2) is 0 Å². The average molecular weight is 360 g/mol. The second-order valence-corrected chi connectivity index (χ2v) is 6.21. The number of carbonyl (C=O) groups is 2. The van der Waals surface area contributed by atoms with E-state index in [0.717, 1.165) is 10.9 Å². The third kappa shape index (κ3) is 2.99. The predicted octanol–water partition coefficient (Wildman–Crippen LogP) is 3.44. The first-order valence-corrected chi connectivity index (χ1v) is 7.68. The number of rotatable bonds is 4. The van der Waals surface area contributed by atoms with Crippen LogP contribution in [0.1, 0.15) is 26.7 Å². The van der Waals surface area contributed by atoms with Crippen molar-refractivity contribution in [1.29, 1.82) is 0 Å². The molecule has 2 atom stereocenters. The molecule has 2 amide bonds. The van der Waals surface area contributed by atoms with Gasteiger partial charge in [0, 0.05) is 10.5 Å². The predicted molar refractivity (Wildman–Crippen MR) is 82.8 cm³/mol. The summed E-state index contributed by atoms with van der Waals surface area (Å²) in [5.41, 5.74) is 0.651. The smallest absolute Gasteiger partial charge is 0.252 e. The summed E-state index contributed by atoms with van der Waals surface area (Å²) in [6, 6.07) is 4.75. The van der Waals surface area contributed by atoms with Crippen LogP contribution in [0.4, 0.5) is 5.69 Å². The molecule has 6 heteroatoms. The molecule has 0 aliphatic carbocycles. The third-order valence-corrected chi connectivity index (χ3v) is 4.30. The van der Waals surface area contributed by atoms with Gasteiger partial charge in [-0.15, -0.1) is 0 Å². The number of amides is 2. The highest BCUT2D eigenvalue weighted by molar-refractivity contribution is 9.10. The second-order valence-electron chi connectivity index (χ2n) is 4.88. The number of hydrogen-bond acceptors (Lipinski definition) is 3. The van der Waals surface area contributed by atoms with Gasteiger partial charge in [-0.05, 0) is 31.5 Å². The van der Waals surface area contributed by atoms with Gasteiger partial charge < -0.3 is 5.32 Å². The van der Waals surface area contributed by atoms with Gasteiger partial charge in [-0.1, -0.05) is 34.5 Å². The van der Waals surface area contributed by atoms with Crippen LogP contribution in [-0.2, 0) is 9.59 Å². The second kappa shape index (κ2) is 6.14. The van der Waals surface area contributed by atoms with E-state index in [4.69, 9.17) is 11.6 Å². The molecule has 1 aromatic rings. The van der Waals surface area contributed by atoms with E-state index in [0.29, 0.717) is 10.7 Å². The maximum absolute atomic E-state index is 12.3. The van der Waals surface area contributed by atoms with Crippen molar-refractivity contribution in [2.45, 2.75) is 38.8 Å². The number of imide groups is 1. The molecule has 0 bridgehead atoms. The number of likely N-dealkylation sites (tertiary alicyclic amines) is 1. The van der Waals surface area contributed by atoms with E-state index in [1.54, 1.807) is 12.1 Å². The molecule has 0 aromatic heterocycles. The lowest BCUT2D eigenvalue weighted by Crippen LogP contribution is -2.40. The number of halogens is 2. The van der Waals surface area contributed by atoms with Gasteiger partial charge in [0.25, 0.3) is 5.91 Å². The fourth-order valence-electron chi connectivity index (χ4n) is 2.21. The van der Waals surface area contributed by atoms with Gasteiger partial charge >= 0.3 is 0 Å². The topological polar surface area (TPSA) is 49.4 Å². The third-order valence-electron chi connectivity index (χ3n) is 3.47.